The van der Waals surface area contributed by atoms with Crippen LogP contribution in [-0.2, 0) is 26.2 Å². The Bertz CT molecular complexity index is 1500. The van der Waals surface area contributed by atoms with Crippen LogP contribution in [0.25, 0.3) is 0 Å². The summed E-state index contributed by atoms with van der Waals surface area (Å²) in [6.07, 6.45) is 5.30. The van der Waals surface area contributed by atoms with E-state index in [-0.39, 0.29) is 39.1 Å². The minimum atomic E-state index is -4.26. The van der Waals surface area contributed by atoms with Gasteiger partial charge in [0.05, 0.1) is 15.6 Å². The second-order valence-corrected chi connectivity index (χ2v) is 13.4. The normalized spacial score (nSPS) is 14.7. The van der Waals surface area contributed by atoms with Crippen LogP contribution in [0.1, 0.15) is 51.0 Å². The van der Waals surface area contributed by atoms with Crippen LogP contribution in [0.15, 0.2) is 77.7 Å². The van der Waals surface area contributed by atoms with E-state index in [1.54, 1.807) is 42.5 Å². The Morgan fingerprint density at radius 1 is 0.905 bits per heavy atom. The highest BCUT2D eigenvalue weighted by molar-refractivity contribution is 7.92. The van der Waals surface area contributed by atoms with Crippen LogP contribution in [0, 0.1) is 0 Å². The van der Waals surface area contributed by atoms with Crippen molar-refractivity contribution in [1.82, 2.24) is 10.2 Å². The van der Waals surface area contributed by atoms with Crippen molar-refractivity contribution >= 4 is 62.3 Å². The summed E-state index contributed by atoms with van der Waals surface area (Å²) in [6.45, 7) is 1.22. The number of sulfonamides is 1. The minimum Gasteiger partial charge on any atom is -0.352 e. The number of rotatable bonds is 11. The fraction of sp³-hybridized carbons (Fsp3) is 0.355. The van der Waals surface area contributed by atoms with Gasteiger partial charge < -0.3 is 10.2 Å². The third-order valence-electron chi connectivity index (χ3n) is 7.42. The van der Waals surface area contributed by atoms with Crippen molar-refractivity contribution in [3.05, 3.63) is 93.4 Å². The largest absolute Gasteiger partial charge is 0.352 e. The number of nitrogens with one attached hydrogen (secondary N) is 1. The third-order valence-corrected chi connectivity index (χ3v) is 10.1. The Labute approximate surface area is 262 Å². The van der Waals surface area contributed by atoms with Crippen molar-refractivity contribution < 1.29 is 18.0 Å². The molecule has 0 aromatic heterocycles. The van der Waals surface area contributed by atoms with Crippen LogP contribution in [0.2, 0.25) is 15.1 Å². The highest BCUT2D eigenvalue weighted by Crippen LogP contribution is 2.33. The maximum absolute atomic E-state index is 14.2. The molecule has 0 radical (unpaired) electrons. The van der Waals surface area contributed by atoms with Gasteiger partial charge in [0, 0.05) is 22.6 Å². The average Bonchev–Trinajstić information content (AvgIpc) is 2.99. The topological polar surface area (TPSA) is 86.8 Å². The zero-order chi connectivity index (χ0) is 30.3. The zero-order valence-electron chi connectivity index (χ0n) is 23.3. The molecule has 3 aromatic carbocycles. The van der Waals surface area contributed by atoms with E-state index in [2.05, 4.69) is 5.32 Å². The molecule has 1 fully saturated rings. The molecule has 42 heavy (non-hydrogen) atoms. The lowest BCUT2D eigenvalue weighted by Crippen LogP contribution is -2.54. The number of nitrogens with zero attached hydrogens (tertiary/aromatic N) is 2. The molecule has 7 nitrogen and oxygen atoms in total. The molecule has 0 bridgehead atoms. The van der Waals surface area contributed by atoms with Crippen molar-refractivity contribution in [2.45, 2.75) is 69.0 Å². The Balaban J connectivity index is 1.74. The number of hydrogen-bond donors (Lipinski definition) is 1. The van der Waals surface area contributed by atoms with Crippen LogP contribution in [0.5, 0.6) is 0 Å². The van der Waals surface area contributed by atoms with Crippen LogP contribution in [0.3, 0.4) is 0 Å². The van der Waals surface area contributed by atoms with Gasteiger partial charge in [0.1, 0.15) is 12.6 Å². The van der Waals surface area contributed by atoms with Crippen molar-refractivity contribution in [3.63, 3.8) is 0 Å². The fourth-order valence-electron chi connectivity index (χ4n) is 5.18. The molecule has 1 aliphatic rings. The van der Waals surface area contributed by atoms with Gasteiger partial charge in [0.2, 0.25) is 11.8 Å². The van der Waals surface area contributed by atoms with Crippen LogP contribution >= 0.6 is 34.8 Å². The first-order chi connectivity index (χ1) is 20.1. The smallest absolute Gasteiger partial charge is 0.264 e. The molecule has 1 aliphatic carbocycles. The molecule has 0 saturated heterocycles. The maximum atomic E-state index is 14.2. The summed E-state index contributed by atoms with van der Waals surface area (Å²) in [4.78, 5) is 29.3. The molecule has 0 aliphatic heterocycles. The molecule has 3 aromatic rings. The van der Waals surface area contributed by atoms with E-state index in [0.717, 1.165) is 36.4 Å². The van der Waals surface area contributed by atoms with Crippen molar-refractivity contribution in [1.29, 1.82) is 0 Å². The van der Waals surface area contributed by atoms with Crippen LogP contribution in [-0.4, -0.2) is 43.8 Å². The summed E-state index contributed by atoms with van der Waals surface area (Å²) >= 11 is 19.2. The molecule has 0 spiro atoms. The lowest BCUT2D eigenvalue weighted by Gasteiger charge is -2.34. The van der Waals surface area contributed by atoms with Crippen LogP contribution in [0.4, 0.5) is 5.69 Å². The summed E-state index contributed by atoms with van der Waals surface area (Å²) in [5, 5.41) is 3.92. The highest BCUT2D eigenvalue weighted by Gasteiger charge is 2.35. The van der Waals surface area contributed by atoms with Gasteiger partial charge in [-0.3, -0.25) is 13.9 Å². The Hall–Kier alpha value is -2.78. The van der Waals surface area contributed by atoms with Crippen molar-refractivity contribution in [2.75, 3.05) is 10.8 Å². The molecular formula is C31H34Cl3N3O4S. The van der Waals surface area contributed by atoms with E-state index >= 15 is 0 Å². The summed E-state index contributed by atoms with van der Waals surface area (Å²) in [5.41, 5.74) is 0.688. The standard InChI is InChI=1S/C31H34Cl3N3O4S/c1-2-28(31(39)35-24-12-5-3-6-13-24)36(20-22-11-9-10-16-26(22)33)30(38)21-37(29-19-23(32)17-18-27(29)34)42(40,41)25-14-7-4-8-15-25/h4,7-11,14-19,24,28H,2-3,5-6,12-13,20-21H2,1H3,(H,35,39)/t28-/m0/s1. The second kappa shape index (κ2) is 14.6. The molecule has 0 unspecified atom stereocenters. The fourth-order valence-corrected chi connectivity index (χ4v) is 7.26. The number of carbonyl (C=O) groups is 2. The molecule has 0 heterocycles. The predicted molar refractivity (Wildman–Crippen MR) is 169 cm³/mol. The summed E-state index contributed by atoms with van der Waals surface area (Å²) < 4.78 is 28.9. The Kier molecular flexibility index (Phi) is 11.2. The van der Waals surface area contributed by atoms with E-state index in [1.807, 2.05) is 6.92 Å². The number of carbonyl (C=O) groups excluding carboxylic acids is 2. The molecule has 1 saturated carbocycles. The van der Waals surface area contributed by atoms with Crippen molar-refractivity contribution in [3.8, 4) is 0 Å². The van der Waals surface area contributed by atoms with Gasteiger partial charge in [-0.1, -0.05) is 97.4 Å². The first-order valence-electron chi connectivity index (χ1n) is 14.0. The highest BCUT2D eigenvalue weighted by atomic mass is 35.5. The van der Waals surface area contributed by atoms with E-state index in [0.29, 0.717) is 17.0 Å². The maximum Gasteiger partial charge on any atom is 0.264 e. The molecular weight excluding hydrogens is 617 g/mol. The van der Waals surface area contributed by atoms with Crippen LogP contribution < -0.4 is 9.62 Å². The molecule has 1 atom stereocenters. The van der Waals surface area contributed by atoms with Gasteiger partial charge in [0.15, 0.2) is 0 Å². The number of benzene rings is 3. The average molecular weight is 651 g/mol. The van der Waals surface area contributed by atoms with Gasteiger partial charge in [-0.2, -0.15) is 0 Å². The number of halogens is 3. The van der Waals surface area contributed by atoms with Gasteiger partial charge >= 0.3 is 0 Å². The lowest BCUT2D eigenvalue weighted by molar-refractivity contribution is -0.140. The first kappa shape index (κ1) is 32.1. The van der Waals surface area contributed by atoms with Gasteiger partial charge in [-0.05, 0) is 61.2 Å². The van der Waals surface area contributed by atoms with E-state index < -0.39 is 28.5 Å². The molecule has 4 rings (SSSR count). The SMILES string of the molecule is CC[C@@H](C(=O)NC1CCCCC1)N(Cc1ccccc1Cl)C(=O)CN(c1cc(Cl)ccc1Cl)S(=O)(=O)c1ccccc1. The Morgan fingerprint density at radius 2 is 1.57 bits per heavy atom. The number of amides is 2. The zero-order valence-corrected chi connectivity index (χ0v) is 26.4. The molecule has 224 valence electrons. The predicted octanol–water partition coefficient (Wildman–Crippen LogP) is 7.10. The summed E-state index contributed by atoms with van der Waals surface area (Å²) in [5.74, 6) is -0.862. The third kappa shape index (κ3) is 7.78. The quantitative estimate of drug-likeness (QED) is 0.240. The molecule has 1 N–H and O–H groups in total. The molecule has 11 heteroatoms. The lowest BCUT2D eigenvalue weighted by atomic mass is 9.95. The molecule has 2 amide bonds. The van der Waals surface area contributed by atoms with E-state index in [1.165, 1.54) is 35.2 Å². The monoisotopic (exact) mass is 649 g/mol. The Morgan fingerprint density at radius 3 is 2.24 bits per heavy atom. The summed E-state index contributed by atoms with van der Waals surface area (Å²) in [7, 11) is -4.26. The van der Waals surface area contributed by atoms with E-state index in [9.17, 15) is 18.0 Å². The number of anilines is 1. The van der Waals surface area contributed by atoms with Gasteiger partial charge in [0.25, 0.3) is 10.0 Å². The van der Waals surface area contributed by atoms with Gasteiger partial charge in [-0.15, -0.1) is 0 Å². The minimum absolute atomic E-state index is 0.0115. The first-order valence-corrected chi connectivity index (χ1v) is 16.5. The van der Waals surface area contributed by atoms with E-state index in [4.69, 9.17) is 34.8 Å². The van der Waals surface area contributed by atoms with Gasteiger partial charge in [-0.25, -0.2) is 8.42 Å². The summed E-state index contributed by atoms with van der Waals surface area (Å²) in [6, 6.07) is 18.4. The van der Waals surface area contributed by atoms with Crippen molar-refractivity contribution in [2.24, 2.45) is 0 Å². The number of hydrogen-bond acceptors (Lipinski definition) is 4. The second-order valence-electron chi connectivity index (χ2n) is 10.3.